The summed E-state index contributed by atoms with van der Waals surface area (Å²) in [4.78, 5) is 11.6. The molecule has 1 aromatic heterocycles. The fourth-order valence-corrected chi connectivity index (χ4v) is 1.74. The van der Waals surface area contributed by atoms with Gasteiger partial charge in [-0.1, -0.05) is 12.1 Å². The van der Waals surface area contributed by atoms with Gasteiger partial charge in [-0.05, 0) is 25.7 Å². The number of aromatic nitrogens is 3. The van der Waals surface area contributed by atoms with Crippen molar-refractivity contribution in [3.05, 3.63) is 11.9 Å². The Morgan fingerprint density at radius 2 is 2.44 bits per heavy atom. The van der Waals surface area contributed by atoms with Crippen molar-refractivity contribution in [3.8, 4) is 0 Å². The maximum Gasteiger partial charge on any atom is 0.241 e. The van der Waals surface area contributed by atoms with Gasteiger partial charge in [0.25, 0.3) is 0 Å². The molecule has 1 aliphatic rings. The first-order valence-corrected chi connectivity index (χ1v) is 6.53. The molecule has 1 aliphatic carbocycles. The van der Waals surface area contributed by atoms with E-state index >= 15 is 0 Å². The van der Waals surface area contributed by atoms with E-state index in [0.29, 0.717) is 25.3 Å². The van der Waals surface area contributed by atoms with Gasteiger partial charge in [0.05, 0.1) is 11.8 Å². The molecule has 0 radical (unpaired) electrons. The van der Waals surface area contributed by atoms with E-state index in [2.05, 4.69) is 15.6 Å². The first-order chi connectivity index (χ1) is 8.69. The Balaban J connectivity index is 1.69. The van der Waals surface area contributed by atoms with Crippen molar-refractivity contribution in [2.24, 2.45) is 0 Å². The van der Waals surface area contributed by atoms with Crippen molar-refractivity contribution in [2.75, 3.05) is 6.54 Å². The van der Waals surface area contributed by atoms with Gasteiger partial charge in [0.2, 0.25) is 5.91 Å². The molecule has 1 heterocycles. The summed E-state index contributed by atoms with van der Waals surface area (Å²) in [5, 5.41) is 20.1. The third-order valence-corrected chi connectivity index (χ3v) is 3.13. The Morgan fingerprint density at radius 1 is 1.67 bits per heavy atom. The van der Waals surface area contributed by atoms with Crippen LogP contribution in [0.4, 0.5) is 0 Å². The van der Waals surface area contributed by atoms with Crippen LogP contribution in [0.15, 0.2) is 6.20 Å². The molecule has 1 amide bonds. The standard InChI is InChI=1S/C12H20N4O2/c1-2-10(17)5-6-13-12(18)8-16-7-11(14-15-16)9-3-4-9/h7,9-10,17H,2-6,8H2,1H3,(H,13,18). The monoisotopic (exact) mass is 252 g/mol. The maximum absolute atomic E-state index is 11.6. The molecule has 0 aliphatic heterocycles. The summed E-state index contributed by atoms with van der Waals surface area (Å²) in [6.07, 6.45) is 5.17. The van der Waals surface area contributed by atoms with Crippen LogP contribution in [0.1, 0.15) is 44.2 Å². The van der Waals surface area contributed by atoms with E-state index in [9.17, 15) is 9.90 Å². The van der Waals surface area contributed by atoms with Crippen LogP contribution in [0.25, 0.3) is 0 Å². The van der Waals surface area contributed by atoms with Crippen LogP contribution in [0.2, 0.25) is 0 Å². The van der Waals surface area contributed by atoms with Gasteiger partial charge >= 0.3 is 0 Å². The summed E-state index contributed by atoms with van der Waals surface area (Å²) in [6.45, 7) is 2.61. The number of aliphatic hydroxyl groups is 1. The molecule has 1 unspecified atom stereocenters. The highest BCUT2D eigenvalue weighted by Crippen LogP contribution is 2.38. The molecule has 100 valence electrons. The Labute approximate surface area is 106 Å². The summed E-state index contributed by atoms with van der Waals surface area (Å²) in [5.41, 5.74) is 0.990. The average Bonchev–Trinajstić information content (AvgIpc) is 3.10. The minimum Gasteiger partial charge on any atom is -0.393 e. The zero-order chi connectivity index (χ0) is 13.0. The summed E-state index contributed by atoms with van der Waals surface area (Å²) in [6, 6.07) is 0. The summed E-state index contributed by atoms with van der Waals surface area (Å²) < 4.78 is 1.57. The lowest BCUT2D eigenvalue weighted by Crippen LogP contribution is -2.30. The number of amides is 1. The molecule has 1 fully saturated rings. The van der Waals surface area contributed by atoms with Crippen LogP contribution < -0.4 is 5.32 Å². The van der Waals surface area contributed by atoms with Gasteiger partial charge in [0, 0.05) is 18.7 Å². The zero-order valence-corrected chi connectivity index (χ0v) is 10.7. The largest absolute Gasteiger partial charge is 0.393 e. The molecule has 0 aromatic carbocycles. The minimum atomic E-state index is -0.335. The van der Waals surface area contributed by atoms with Crippen molar-refractivity contribution >= 4 is 5.91 Å². The summed E-state index contributed by atoms with van der Waals surface area (Å²) >= 11 is 0. The maximum atomic E-state index is 11.6. The van der Waals surface area contributed by atoms with Crippen LogP contribution in [0.5, 0.6) is 0 Å². The lowest BCUT2D eigenvalue weighted by molar-refractivity contribution is -0.121. The van der Waals surface area contributed by atoms with Crippen LogP contribution >= 0.6 is 0 Å². The third-order valence-electron chi connectivity index (χ3n) is 3.13. The summed E-state index contributed by atoms with van der Waals surface area (Å²) in [5.74, 6) is 0.465. The molecule has 2 N–H and O–H groups in total. The quantitative estimate of drug-likeness (QED) is 0.737. The predicted octanol–water partition coefficient (Wildman–Crippen LogP) is 0.433. The van der Waals surface area contributed by atoms with E-state index < -0.39 is 0 Å². The number of hydrogen-bond acceptors (Lipinski definition) is 4. The Hall–Kier alpha value is -1.43. The molecule has 18 heavy (non-hydrogen) atoms. The number of aliphatic hydroxyl groups excluding tert-OH is 1. The molecule has 0 saturated heterocycles. The molecule has 0 spiro atoms. The van der Waals surface area contributed by atoms with Gasteiger partial charge in [0.15, 0.2) is 0 Å². The molecule has 1 saturated carbocycles. The number of rotatable bonds is 7. The Kier molecular flexibility index (Phi) is 4.30. The second-order valence-electron chi connectivity index (χ2n) is 4.82. The lowest BCUT2D eigenvalue weighted by Gasteiger charge is -2.08. The van der Waals surface area contributed by atoms with Gasteiger partial charge < -0.3 is 10.4 Å². The molecule has 0 bridgehead atoms. The second kappa shape index (κ2) is 5.95. The van der Waals surface area contributed by atoms with E-state index in [4.69, 9.17) is 0 Å². The smallest absolute Gasteiger partial charge is 0.241 e. The number of carbonyl (C=O) groups is 1. The first-order valence-electron chi connectivity index (χ1n) is 6.53. The van der Waals surface area contributed by atoms with Gasteiger partial charge in [-0.3, -0.25) is 4.79 Å². The molecule has 1 aromatic rings. The van der Waals surface area contributed by atoms with Crippen molar-refractivity contribution in [1.29, 1.82) is 0 Å². The molecule has 6 heteroatoms. The zero-order valence-electron chi connectivity index (χ0n) is 10.7. The van der Waals surface area contributed by atoms with Crippen molar-refractivity contribution in [3.63, 3.8) is 0 Å². The van der Waals surface area contributed by atoms with Gasteiger partial charge in [-0.2, -0.15) is 0 Å². The normalized spacial score (nSPS) is 16.6. The second-order valence-corrected chi connectivity index (χ2v) is 4.82. The van der Waals surface area contributed by atoms with Gasteiger partial charge in [-0.15, -0.1) is 5.10 Å². The van der Waals surface area contributed by atoms with Crippen LogP contribution in [-0.2, 0) is 11.3 Å². The summed E-state index contributed by atoms with van der Waals surface area (Å²) in [7, 11) is 0. The van der Waals surface area contributed by atoms with Crippen LogP contribution in [0, 0.1) is 0 Å². The highest BCUT2D eigenvalue weighted by Gasteiger charge is 2.26. The number of hydrogen-bond donors (Lipinski definition) is 2. The fraction of sp³-hybridized carbons (Fsp3) is 0.750. The predicted molar refractivity (Wildman–Crippen MR) is 65.9 cm³/mol. The van der Waals surface area contributed by atoms with Crippen LogP contribution in [-0.4, -0.2) is 38.7 Å². The number of nitrogens with zero attached hydrogens (tertiary/aromatic N) is 3. The lowest BCUT2D eigenvalue weighted by atomic mass is 10.2. The number of nitrogens with one attached hydrogen (secondary N) is 1. The van der Waals surface area contributed by atoms with Gasteiger partial charge in [-0.25, -0.2) is 4.68 Å². The van der Waals surface area contributed by atoms with Crippen molar-refractivity contribution in [1.82, 2.24) is 20.3 Å². The molecular weight excluding hydrogens is 232 g/mol. The Morgan fingerprint density at radius 3 is 3.11 bits per heavy atom. The van der Waals surface area contributed by atoms with E-state index in [0.717, 1.165) is 5.69 Å². The average molecular weight is 252 g/mol. The highest BCUT2D eigenvalue weighted by molar-refractivity contribution is 5.75. The molecule has 6 nitrogen and oxygen atoms in total. The Bertz CT molecular complexity index is 401. The van der Waals surface area contributed by atoms with Crippen molar-refractivity contribution < 1.29 is 9.90 Å². The van der Waals surface area contributed by atoms with E-state index in [1.54, 1.807) is 4.68 Å². The fourth-order valence-electron chi connectivity index (χ4n) is 1.74. The van der Waals surface area contributed by atoms with Gasteiger partial charge in [0.1, 0.15) is 6.54 Å². The molecule has 2 rings (SSSR count). The highest BCUT2D eigenvalue weighted by atomic mass is 16.3. The molecule has 1 atom stereocenters. The van der Waals surface area contributed by atoms with E-state index in [1.165, 1.54) is 12.8 Å². The molecular formula is C12H20N4O2. The van der Waals surface area contributed by atoms with Crippen molar-refractivity contribution in [2.45, 2.75) is 51.2 Å². The van der Waals surface area contributed by atoms with Crippen LogP contribution in [0.3, 0.4) is 0 Å². The van der Waals surface area contributed by atoms with E-state index in [1.807, 2.05) is 13.1 Å². The SMILES string of the molecule is CCC(O)CCNC(=O)Cn1cc(C2CC2)nn1. The minimum absolute atomic E-state index is 0.0921. The topological polar surface area (TPSA) is 80.0 Å². The first kappa shape index (κ1) is 13.0. The number of carbonyl (C=O) groups excluding carboxylic acids is 1. The third kappa shape index (κ3) is 3.80. The van der Waals surface area contributed by atoms with E-state index in [-0.39, 0.29) is 18.6 Å².